The number of aliphatic imine (C=N–C) groups is 1. The molecule has 0 radical (unpaired) electrons. The van der Waals surface area contributed by atoms with Crippen LogP contribution in [0.4, 0.5) is 0 Å². The number of hydrogen-bond acceptors (Lipinski definition) is 3. The summed E-state index contributed by atoms with van der Waals surface area (Å²) in [6.07, 6.45) is 0. The summed E-state index contributed by atoms with van der Waals surface area (Å²) in [4.78, 5) is 4.47. The highest BCUT2D eigenvalue weighted by molar-refractivity contribution is 8.13. The summed E-state index contributed by atoms with van der Waals surface area (Å²) in [5.41, 5.74) is 5.43. The Morgan fingerprint density at radius 3 is 2.38 bits per heavy atom. The molecule has 0 aliphatic heterocycles. The van der Waals surface area contributed by atoms with Crippen LogP contribution in [0.15, 0.2) is 4.99 Å². The molecule has 0 aliphatic carbocycles. The van der Waals surface area contributed by atoms with Gasteiger partial charge in [-0.15, -0.1) is 0 Å². The number of thioether (sulfide) groups is 1. The zero-order chi connectivity index (χ0) is 10.3. The molecule has 0 spiro atoms. The predicted octanol–water partition coefficient (Wildman–Crippen LogP) is 1.44. The molecule has 3 nitrogen and oxygen atoms in total. The standard InChI is InChI=1S/C9H21N3S/c1-7(2)11-9(12-8(3)4)13-6-5-10/h7-8H,5-6,10H2,1-4H3,(H,11,12). The first kappa shape index (κ1) is 12.8. The second kappa shape index (κ2) is 7.21. The summed E-state index contributed by atoms with van der Waals surface area (Å²) in [5, 5.41) is 4.31. The van der Waals surface area contributed by atoms with E-state index in [9.17, 15) is 0 Å². The average molecular weight is 203 g/mol. The Hall–Kier alpha value is -0.220. The Bertz CT molecular complexity index is 155. The highest BCUT2D eigenvalue weighted by atomic mass is 32.2. The van der Waals surface area contributed by atoms with Gasteiger partial charge in [0, 0.05) is 24.4 Å². The lowest BCUT2D eigenvalue weighted by molar-refractivity contribution is 0.727. The van der Waals surface area contributed by atoms with Crippen molar-refractivity contribution in [3.63, 3.8) is 0 Å². The van der Waals surface area contributed by atoms with E-state index in [2.05, 4.69) is 38.0 Å². The van der Waals surface area contributed by atoms with Crippen molar-refractivity contribution in [1.82, 2.24) is 5.32 Å². The van der Waals surface area contributed by atoms with Gasteiger partial charge in [-0.2, -0.15) is 0 Å². The van der Waals surface area contributed by atoms with Gasteiger partial charge < -0.3 is 11.1 Å². The smallest absolute Gasteiger partial charge is 0.157 e. The van der Waals surface area contributed by atoms with Crippen molar-refractivity contribution in [2.75, 3.05) is 12.3 Å². The van der Waals surface area contributed by atoms with Crippen LogP contribution in [0.2, 0.25) is 0 Å². The van der Waals surface area contributed by atoms with Gasteiger partial charge in [0.05, 0.1) is 0 Å². The van der Waals surface area contributed by atoms with E-state index in [-0.39, 0.29) is 0 Å². The molecule has 0 unspecified atom stereocenters. The third-order valence-electron chi connectivity index (χ3n) is 1.14. The zero-order valence-electron chi connectivity index (χ0n) is 9.00. The lowest BCUT2D eigenvalue weighted by Crippen LogP contribution is -2.29. The van der Waals surface area contributed by atoms with Gasteiger partial charge in [0.25, 0.3) is 0 Å². The molecule has 13 heavy (non-hydrogen) atoms. The van der Waals surface area contributed by atoms with Gasteiger partial charge in [-0.25, -0.2) is 0 Å². The molecule has 78 valence electrons. The Morgan fingerprint density at radius 2 is 2.00 bits per heavy atom. The van der Waals surface area contributed by atoms with Gasteiger partial charge in [0.1, 0.15) is 0 Å². The summed E-state index contributed by atoms with van der Waals surface area (Å²) < 4.78 is 0. The van der Waals surface area contributed by atoms with Gasteiger partial charge in [-0.1, -0.05) is 11.8 Å². The number of amidine groups is 1. The normalized spacial score (nSPS) is 12.7. The number of nitrogens with two attached hydrogens (primary N) is 1. The number of nitrogens with zero attached hydrogens (tertiary/aromatic N) is 1. The lowest BCUT2D eigenvalue weighted by Gasteiger charge is -2.13. The SMILES string of the molecule is CC(C)N=C(NC(C)C)SCCN. The first-order chi connectivity index (χ1) is 6.06. The molecule has 0 amide bonds. The second-order valence-electron chi connectivity index (χ2n) is 3.46. The highest BCUT2D eigenvalue weighted by Gasteiger charge is 2.02. The molecule has 0 aromatic carbocycles. The number of hydrogen-bond donors (Lipinski definition) is 2. The van der Waals surface area contributed by atoms with Crippen LogP contribution in [-0.2, 0) is 0 Å². The van der Waals surface area contributed by atoms with Crippen molar-refractivity contribution in [3.05, 3.63) is 0 Å². The minimum atomic E-state index is 0.339. The molecule has 0 aromatic heterocycles. The van der Waals surface area contributed by atoms with Gasteiger partial charge in [0.2, 0.25) is 0 Å². The molecule has 0 heterocycles. The van der Waals surface area contributed by atoms with Crippen molar-refractivity contribution in [2.24, 2.45) is 10.7 Å². The van der Waals surface area contributed by atoms with Crippen LogP contribution in [0.1, 0.15) is 27.7 Å². The van der Waals surface area contributed by atoms with E-state index in [1.165, 1.54) is 0 Å². The summed E-state index contributed by atoms with van der Waals surface area (Å²) in [5.74, 6) is 0.922. The van der Waals surface area contributed by atoms with Crippen LogP contribution in [-0.4, -0.2) is 29.5 Å². The predicted molar refractivity (Wildman–Crippen MR) is 62.4 cm³/mol. The summed E-state index contributed by atoms with van der Waals surface area (Å²) in [6, 6.07) is 0.772. The Labute approximate surface area is 85.6 Å². The third kappa shape index (κ3) is 8.12. The minimum Gasteiger partial charge on any atom is -0.363 e. The fourth-order valence-electron chi connectivity index (χ4n) is 0.753. The van der Waals surface area contributed by atoms with Crippen LogP contribution >= 0.6 is 11.8 Å². The highest BCUT2D eigenvalue weighted by Crippen LogP contribution is 2.03. The minimum absolute atomic E-state index is 0.339. The molecular formula is C9H21N3S. The summed E-state index contributed by atoms with van der Waals surface area (Å²) >= 11 is 1.69. The van der Waals surface area contributed by atoms with Crippen LogP contribution in [0.25, 0.3) is 0 Å². The molecule has 0 bridgehead atoms. The van der Waals surface area contributed by atoms with E-state index < -0.39 is 0 Å². The fraction of sp³-hybridized carbons (Fsp3) is 0.889. The van der Waals surface area contributed by atoms with Crippen molar-refractivity contribution in [2.45, 2.75) is 39.8 Å². The Kier molecular flexibility index (Phi) is 7.09. The van der Waals surface area contributed by atoms with E-state index in [1.807, 2.05) is 0 Å². The van der Waals surface area contributed by atoms with Crippen LogP contribution in [0.3, 0.4) is 0 Å². The molecule has 0 saturated heterocycles. The van der Waals surface area contributed by atoms with E-state index >= 15 is 0 Å². The monoisotopic (exact) mass is 203 g/mol. The van der Waals surface area contributed by atoms with Crippen LogP contribution < -0.4 is 11.1 Å². The number of nitrogens with one attached hydrogen (secondary N) is 1. The molecule has 0 rings (SSSR count). The van der Waals surface area contributed by atoms with Crippen molar-refractivity contribution in [1.29, 1.82) is 0 Å². The zero-order valence-corrected chi connectivity index (χ0v) is 9.82. The van der Waals surface area contributed by atoms with E-state index in [0.29, 0.717) is 18.6 Å². The molecule has 0 atom stereocenters. The van der Waals surface area contributed by atoms with Crippen LogP contribution in [0, 0.1) is 0 Å². The fourth-order valence-corrected chi connectivity index (χ4v) is 1.67. The van der Waals surface area contributed by atoms with Gasteiger partial charge in [0.15, 0.2) is 5.17 Å². The third-order valence-corrected chi connectivity index (χ3v) is 2.08. The maximum atomic E-state index is 5.43. The van der Waals surface area contributed by atoms with Crippen molar-refractivity contribution >= 4 is 16.9 Å². The van der Waals surface area contributed by atoms with Gasteiger partial charge in [-0.3, -0.25) is 4.99 Å². The van der Waals surface area contributed by atoms with Gasteiger partial charge >= 0.3 is 0 Å². The second-order valence-corrected chi connectivity index (χ2v) is 4.55. The Balaban J connectivity index is 4.02. The summed E-state index contributed by atoms with van der Waals surface area (Å²) in [7, 11) is 0. The van der Waals surface area contributed by atoms with Crippen molar-refractivity contribution < 1.29 is 0 Å². The first-order valence-corrected chi connectivity index (χ1v) is 5.72. The van der Waals surface area contributed by atoms with Crippen molar-refractivity contribution in [3.8, 4) is 0 Å². The molecule has 0 saturated carbocycles. The molecule has 0 aliphatic rings. The maximum absolute atomic E-state index is 5.43. The lowest BCUT2D eigenvalue weighted by atomic mass is 10.4. The average Bonchev–Trinajstić information content (AvgIpc) is 1.98. The van der Waals surface area contributed by atoms with E-state index in [0.717, 1.165) is 10.9 Å². The Morgan fingerprint density at radius 1 is 1.38 bits per heavy atom. The quantitative estimate of drug-likeness (QED) is 0.537. The summed E-state index contributed by atoms with van der Waals surface area (Å²) in [6.45, 7) is 9.06. The first-order valence-electron chi connectivity index (χ1n) is 4.73. The molecule has 0 aromatic rings. The van der Waals surface area contributed by atoms with E-state index in [4.69, 9.17) is 5.73 Å². The molecular weight excluding hydrogens is 182 g/mol. The molecule has 3 N–H and O–H groups in total. The maximum Gasteiger partial charge on any atom is 0.157 e. The molecule has 0 fully saturated rings. The number of rotatable bonds is 4. The topological polar surface area (TPSA) is 50.4 Å². The van der Waals surface area contributed by atoms with Crippen LogP contribution in [0.5, 0.6) is 0 Å². The van der Waals surface area contributed by atoms with E-state index in [1.54, 1.807) is 11.8 Å². The molecule has 4 heteroatoms. The largest absolute Gasteiger partial charge is 0.363 e. The van der Waals surface area contributed by atoms with Gasteiger partial charge in [-0.05, 0) is 27.7 Å².